The van der Waals surface area contributed by atoms with Crippen molar-refractivity contribution in [3.05, 3.63) is 35.9 Å². The zero-order chi connectivity index (χ0) is 13.7. The van der Waals surface area contributed by atoms with E-state index in [4.69, 9.17) is 0 Å². The van der Waals surface area contributed by atoms with Crippen LogP contribution in [0.3, 0.4) is 0 Å². The Bertz CT molecular complexity index is 493. The first kappa shape index (κ1) is 17.4. The Kier molecular flexibility index (Phi) is 6.95. The number of nitrogens with zero attached hydrogens (tertiary/aromatic N) is 1. The molecule has 0 radical (unpaired) electrons. The lowest BCUT2D eigenvalue weighted by molar-refractivity contribution is 0.293. The van der Waals surface area contributed by atoms with Gasteiger partial charge in [-0.3, -0.25) is 0 Å². The lowest BCUT2D eigenvalue weighted by Crippen LogP contribution is -2.47. The van der Waals surface area contributed by atoms with Crippen molar-refractivity contribution in [3.8, 4) is 0 Å². The summed E-state index contributed by atoms with van der Waals surface area (Å²) in [6.07, 6.45) is 2.58. The van der Waals surface area contributed by atoms with Gasteiger partial charge in [0.1, 0.15) is 0 Å². The van der Waals surface area contributed by atoms with Crippen molar-refractivity contribution in [2.24, 2.45) is 0 Å². The molecular formula is C14H23ClN2O2S. The maximum absolute atomic E-state index is 12.3. The highest BCUT2D eigenvalue weighted by Gasteiger charge is 2.27. The number of likely N-dealkylation sites (N-methyl/N-ethyl adjacent to an activating group) is 1. The molecule has 0 saturated carbocycles. The molecule has 1 aromatic rings. The highest BCUT2D eigenvalue weighted by Crippen LogP contribution is 2.15. The topological polar surface area (TPSA) is 49.4 Å². The van der Waals surface area contributed by atoms with E-state index in [1.165, 1.54) is 0 Å². The SMILES string of the molecule is CNC1CCCN(S(=O)(=O)CCc2ccccc2)C1.Cl. The van der Waals surface area contributed by atoms with Crippen LogP contribution in [0.4, 0.5) is 0 Å². The van der Waals surface area contributed by atoms with E-state index in [0.29, 0.717) is 25.6 Å². The molecule has 6 heteroatoms. The Labute approximate surface area is 128 Å². The second-order valence-electron chi connectivity index (χ2n) is 5.04. The summed E-state index contributed by atoms with van der Waals surface area (Å²) in [7, 11) is -1.24. The number of rotatable bonds is 5. The number of benzene rings is 1. The summed E-state index contributed by atoms with van der Waals surface area (Å²) in [5.74, 6) is 0.202. The van der Waals surface area contributed by atoms with Gasteiger partial charge in [-0.15, -0.1) is 12.4 Å². The van der Waals surface area contributed by atoms with Gasteiger partial charge in [-0.2, -0.15) is 0 Å². The Hall–Kier alpha value is -0.620. The van der Waals surface area contributed by atoms with Gasteiger partial charge in [0.05, 0.1) is 5.75 Å². The van der Waals surface area contributed by atoms with E-state index in [9.17, 15) is 8.42 Å². The molecule has 114 valence electrons. The first-order chi connectivity index (χ1) is 9.12. The summed E-state index contributed by atoms with van der Waals surface area (Å²) >= 11 is 0. The predicted octanol–water partition coefficient (Wildman–Crippen LogP) is 1.66. The molecule has 1 atom stereocenters. The number of nitrogens with one attached hydrogen (secondary N) is 1. The minimum atomic E-state index is -3.13. The van der Waals surface area contributed by atoms with Crippen LogP contribution in [-0.2, 0) is 16.4 Å². The molecule has 1 unspecified atom stereocenters. The molecular weight excluding hydrogens is 296 g/mol. The molecule has 0 aromatic heterocycles. The van der Waals surface area contributed by atoms with Crippen molar-refractivity contribution < 1.29 is 8.42 Å². The van der Waals surface area contributed by atoms with E-state index in [0.717, 1.165) is 18.4 Å². The van der Waals surface area contributed by atoms with Crippen molar-refractivity contribution in [2.45, 2.75) is 25.3 Å². The van der Waals surface area contributed by atoms with E-state index in [1.54, 1.807) is 4.31 Å². The van der Waals surface area contributed by atoms with Crippen LogP contribution in [-0.4, -0.2) is 44.7 Å². The average Bonchev–Trinajstić information content (AvgIpc) is 2.46. The molecule has 0 spiro atoms. The second-order valence-corrected chi connectivity index (χ2v) is 7.13. The molecule has 1 fully saturated rings. The number of sulfonamides is 1. The number of aryl methyl sites for hydroxylation is 1. The highest BCUT2D eigenvalue weighted by atomic mass is 35.5. The molecule has 20 heavy (non-hydrogen) atoms. The van der Waals surface area contributed by atoms with Gasteiger partial charge in [-0.05, 0) is 31.9 Å². The zero-order valence-corrected chi connectivity index (χ0v) is 13.4. The number of hydrogen-bond acceptors (Lipinski definition) is 3. The smallest absolute Gasteiger partial charge is 0.214 e. The van der Waals surface area contributed by atoms with Crippen LogP contribution in [0.1, 0.15) is 18.4 Å². The van der Waals surface area contributed by atoms with Crippen molar-refractivity contribution in [1.29, 1.82) is 0 Å². The van der Waals surface area contributed by atoms with Crippen molar-refractivity contribution in [2.75, 3.05) is 25.9 Å². The maximum atomic E-state index is 12.3. The van der Waals surface area contributed by atoms with Crippen LogP contribution in [0.25, 0.3) is 0 Å². The fraction of sp³-hybridized carbons (Fsp3) is 0.571. The lowest BCUT2D eigenvalue weighted by atomic mass is 10.1. The highest BCUT2D eigenvalue weighted by molar-refractivity contribution is 7.89. The maximum Gasteiger partial charge on any atom is 0.214 e. The summed E-state index contributed by atoms with van der Waals surface area (Å²) in [5.41, 5.74) is 1.08. The van der Waals surface area contributed by atoms with Crippen LogP contribution in [0, 0.1) is 0 Å². The van der Waals surface area contributed by atoms with Crippen molar-refractivity contribution in [1.82, 2.24) is 9.62 Å². The Morgan fingerprint density at radius 1 is 1.30 bits per heavy atom. The second kappa shape index (κ2) is 7.98. The number of piperidine rings is 1. The molecule has 4 nitrogen and oxygen atoms in total. The third-order valence-electron chi connectivity index (χ3n) is 3.68. The van der Waals surface area contributed by atoms with Gasteiger partial charge >= 0.3 is 0 Å². The van der Waals surface area contributed by atoms with Crippen molar-refractivity contribution >= 4 is 22.4 Å². The molecule has 1 aliphatic heterocycles. The van der Waals surface area contributed by atoms with E-state index >= 15 is 0 Å². The first-order valence-electron chi connectivity index (χ1n) is 6.81. The molecule has 0 bridgehead atoms. The summed E-state index contributed by atoms with van der Waals surface area (Å²) in [6, 6.07) is 10.1. The minimum absolute atomic E-state index is 0. The van der Waals surface area contributed by atoms with E-state index < -0.39 is 10.0 Å². The standard InChI is InChI=1S/C14H22N2O2S.ClH/c1-15-14-8-5-10-16(12-14)19(17,18)11-9-13-6-3-2-4-7-13;/h2-4,6-7,14-15H,5,8-12H2,1H3;1H. The molecule has 1 heterocycles. The zero-order valence-electron chi connectivity index (χ0n) is 11.8. The number of halogens is 1. The molecule has 1 aliphatic rings. The summed E-state index contributed by atoms with van der Waals surface area (Å²) < 4.78 is 26.3. The molecule has 1 N–H and O–H groups in total. The van der Waals surface area contributed by atoms with Gasteiger partial charge in [0.15, 0.2) is 0 Å². The van der Waals surface area contributed by atoms with E-state index in [1.807, 2.05) is 37.4 Å². The molecule has 2 rings (SSSR count). The monoisotopic (exact) mass is 318 g/mol. The molecule has 0 amide bonds. The third-order valence-corrected chi connectivity index (χ3v) is 5.52. The lowest BCUT2D eigenvalue weighted by Gasteiger charge is -2.31. The van der Waals surface area contributed by atoms with Crippen molar-refractivity contribution in [3.63, 3.8) is 0 Å². The predicted molar refractivity (Wildman–Crippen MR) is 84.8 cm³/mol. The van der Waals surface area contributed by atoms with E-state index in [2.05, 4.69) is 5.32 Å². The molecule has 1 saturated heterocycles. The van der Waals surface area contributed by atoms with Crippen LogP contribution >= 0.6 is 12.4 Å². The normalized spacial score (nSPS) is 20.4. The van der Waals surface area contributed by atoms with Crippen LogP contribution in [0.15, 0.2) is 30.3 Å². The molecule has 0 aliphatic carbocycles. The average molecular weight is 319 g/mol. The minimum Gasteiger partial charge on any atom is -0.316 e. The largest absolute Gasteiger partial charge is 0.316 e. The van der Waals surface area contributed by atoms with Gasteiger partial charge in [-0.25, -0.2) is 12.7 Å². The van der Waals surface area contributed by atoms with Gasteiger partial charge in [-0.1, -0.05) is 30.3 Å². The summed E-state index contributed by atoms with van der Waals surface area (Å²) in [6.45, 7) is 1.27. The van der Waals surface area contributed by atoms with Gasteiger partial charge in [0.2, 0.25) is 10.0 Å². The molecule has 1 aromatic carbocycles. The third kappa shape index (κ3) is 4.74. The fourth-order valence-electron chi connectivity index (χ4n) is 2.45. The summed E-state index contributed by atoms with van der Waals surface area (Å²) in [4.78, 5) is 0. The Balaban J connectivity index is 0.00000200. The van der Waals surface area contributed by atoms with Gasteiger partial charge in [0, 0.05) is 19.1 Å². The van der Waals surface area contributed by atoms with E-state index in [-0.39, 0.29) is 18.2 Å². The Morgan fingerprint density at radius 3 is 2.65 bits per heavy atom. The van der Waals surface area contributed by atoms with Gasteiger partial charge < -0.3 is 5.32 Å². The fourth-order valence-corrected chi connectivity index (χ4v) is 4.02. The Morgan fingerprint density at radius 2 is 2.00 bits per heavy atom. The first-order valence-corrected chi connectivity index (χ1v) is 8.42. The van der Waals surface area contributed by atoms with Crippen LogP contribution < -0.4 is 5.32 Å². The number of hydrogen-bond donors (Lipinski definition) is 1. The summed E-state index contributed by atoms with van der Waals surface area (Å²) in [5, 5.41) is 3.17. The van der Waals surface area contributed by atoms with Crippen LogP contribution in [0.5, 0.6) is 0 Å². The quantitative estimate of drug-likeness (QED) is 0.898. The van der Waals surface area contributed by atoms with Gasteiger partial charge in [0.25, 0.3) is 0 Å². The van der Waals surface area contributed by atoms with Crippen LogP contribution in [0.2, 0.25) is 0 Å².